The minimum absolute atomic E-state index is 0.107. The summed E-state index contributed by atoms with van der Waals surface area (Å²) < 4.78 is 5.80. The van der Waals surface area contributed by atoms with Gasteiger partial charge >= 0.3 is 5.97 Å². The summed E-state index contributed by atoms with van der Waals surface area (Å²) in [4.78, 5) is 61.3. The van der Waals surface area contributed by atoms with Crippen LogP contribution >= 0.6 is 6.89 Å². The monoisotopic (exact) mass is 711 g/mol. The number of hydrogen-bond acceptors (Lipinski definition) is 7. The molecule has 2 N–H and O–H groups in total. The molecule has 0 bridgehead atoms. The lowest BCUT2D eigenvalue weighted by Gasteiger charge is -2.50. The van der Waals surface area contributed by atoms with Gasteiger partial charge in [-0.05, 0) is 47.1 Å². The van der Waals surface area contributed by atoms with Crippen LogP contribution in [0, 0.1) is 5.92 Å². The molecule has 6 rings (SSSR count). The highest BCUT2D eigenvalue weighted by Gasteiger charge is 2.55. The molecule has 2 amide bonds. The third kappa shape index (κ3) is 7.01. The zero-order valence-electron chi connectivity index (χ0n) is 28.5. The van der Waals surface area contributed by atoms with Gasteiger partial charge in [0.1, 0.15) is 12.0 Å². The number of carbonyl (C=O) groups is 4. The number of ether oxygens (including phenoxy) is 1. The van der Waals surface area contributed by atoms with E-state index in [0.717, 1.165) is 15.9 Å². The molecule has 0 spiro atoms. The highest BCUT2D eigenvalue weighted by atomic mass is 31.2. The number of esters is 1. The summed E-state index contributed by atoms with van der Waals surface area (Å²) in [6.07, 6.45) is 3.15. The molecule has 3 atom stereocenters. The number of nitrogens with zero attached hydrogens (tertiary/aromatic N) is 2. The van der Waals surface area contributed by atoms with Crippen LogP contribution in [0.25, 0.3) is 0 Å². The molecule has 1 aliphatic rings. The van der Waals surface area contributed by atoms with Gasteiger partial charge < -0.3 is 20.1 Å². The lowest BCUT2D eigenvalue weighted by molar-refractivity contribution is -0.157. The summed E-state index contributed by atoms with van der Waals surface area (Å²) >= 11 is 0. The number of ketones is 1. The van der Waals surface area contributed by atoms with Crippen LogP contribution in [0.5, 0.6) is 0 Å². The number of hydrogen-bond donors (Lipinski definition) is 2. The molecule has 0 unspecified atom stereocenters. The van der Waals surface area contributed by atoms with E-state index < -0.39 is 36.8 Å². The van der Waals surface area contributed by atoms with Gasteiger partial charge in [0.25, 0.3) is 5.91 Å². The zero-order valence-corrected chi connectivity index (χ0v) is 29.4. The summed E-state index contributed by atoms with van der Waals surface area (Å²) in [5.41, 5.74) is 1.15. The number of rotatable bonds is 13. The van der Waals surface area contributed by atoms with E-state index >= 15 is 0 Å². The molecule has 5 aromatic rings. The third-order valence-corrected chi connectivity index (χ3v) is 13.3. The molecule has 262 valence electrons. The Morgan fingerprint density at radius 1 is 0.865 bits per heavy atom. The Kier molecular flexibility index (Phi) is 11.0. The fourth-order valence-corrected chi connectivity index (χ4v) is 11.1. The first-order valence-electron chi connectivity index (χ1n) is 16.8. The van der Waals surface area contributed by atoms with Crippen molar-refractivity contribution in [3.63, 3.8) is 0 Å². The minimum atomic E-state index is -3.21. The fourth-order valence-electron chi connectivity index (χ4n) is 6.72. The van der Waals surface area contributed by atoms with Gasteiger partial charge in [0.15, 0.2) is 5.78 Å². The molecule has 1 aromatic heterocycles. The van der Waals surface area contributed by atoms with Crippen molar-refractivity contribution in [1.29, 1.82) is 0 Å². The number of nitrogens with one attached hydrogen (secondary N) is 1. The van der Waals surface area contributed by atoms with Crippen LogP contribution in [0.3, 0.4) is 0 Å². The number of aromatic nitrogens is 1. The quantitative estimate of drug-likeness (QED) is 0.0581. The van der Waals surface area contributed by atoms with Gasteiger partial charge in [-0.3, -0.25) is 19.4 Å². The van der Waals surface area contributed by atoms with E-state index in [1.54, 1.807) is 42.6 Å². The molecule has 4 aromatic carbocycles. The Labute approximate surface area is 302 Å². The first-order valence-corrected chi connectivity index (χ1v) is 18.6. The second kappa shape index (κ2) is 16.0. The van der Waals surface area contributed by atoms with E-state index in [4.69, 9.17) is 4.74 Å². The number of aliphatic hydroxyl groups is 1. The maximum Gasteiger partial charge on any atom is 0.356 e. The van der Waals surface area contributed by atoms with Crippen molar-refractivity contribution in [2.75, 3.05) is 11.9 Å². The standard InChI is InChI=1S/C42H38N3O6P/c1-3-25-51-42(50)41(52(33-18-7-4-8-19-33,34-20-9-5-10-21-34)35-22-11-6-12-23-35)45-36(38(29(2)46)40(45)49)27-37(47)30-15-13-17-32(26-30)44-39(48)31-16-14-24-43-28-31/h3-24,26,28-29,36,38,46H,1,25,27H2,2H3,(H,44,48)/t29-,36-,38-/m1/s1. The summed E-state index contributed by atoms with van der Waals surface area (Å²) in [6, 6.07) is 37.6. The van der Waals surface area contributed by atoms with E-state index in [2.05, 4.69) is 16.9 Å². The number of anilines is 1. The molecule has 10 heteroatoms. The van der Waals surface area contributed by atoms with Crippen molar-refractivity contribution in [2.24, 2.45) is 5.92 Å². The molecular weight excluding hydrogens is 673 g/mol. The topological polar surface area (TPSA) is 126 Å². The van der Waals surface area contributed by atoms with Crippen LogP contribution in [0.15, 0.2) is 152 Å². The van der Waals surface area contributed by atoms with E-state index in [1.165, 1.54) is 24.1 Å². The van der Waals surface area contributed by atoms with Crippen molar-refractivity contribution in [3.8, 4) is 0 Å². The van der Waals surface area contributed by atoms with Crippen LogP contribution in [-0.4, -0.2) is 62.7 Å². The molecule has 9 nitrogen and oxygen atoms in total. The lowest BCUT2D eigenvalue weighted by Crippen LogP contribution is -2.68. The maximum absolute atomic E-state index is 14.6. The van der Waals surface area contributed by atoms with Crippen molar-refractivity contribution in [2.45, 2.75) is 25.5 Å². The molecule has 1 saturated heterocycles. The minimum Gasteiger partial charge on any atom is -0.457 e. The van der Waals surface area contributed by atoms with Crippen molar-refractivity contribution >= 4 is 57.5 Å². The number of Topliss-reactive ketones (excluding diaryl/α,β-unsaturated/α-hetero) is 1. The summed E-state index contributed by atoms with van der Waals surface area (Å²) in [7, 11) is 0. The van der Waals surface area contributed by atoms with Gasteiger partial charge in [0.2, 0.25) is 5.91 Å². The summed E-state index contributed by atoms with van der Waals surface area (Å²) in [5, 5.41) is 16.1. The van der Waals surface area contributed by atoms with Gasteiger partial charge in [-0.15, -0.1) is 0 Å². The Morgan fingerprint density at radius 2 is 1.44 bits per heavy atom. The molecule has 1 aliphatic heterocycles. The van der Waals surface area contributed by atoms with Crippen LogP contribution in [0.2, 0.25) is 0 Å². The number of benzene rings is 4. The second-order valence-electron chi connectivity index (χ2n) is 12.3. The highest BCUT2D eigenvalue weighted by molar-refractivity contribution is 7.96. The fraction of sp³-hybridized carbons (Fsp3) is 0.143. The molecular formula is C42H38N3O6P. The zero-order chi connectivity index (χ0) is 36.7. The van der Waals surface area contributed by atoms with E-state index in [0.29, 0.717) is 16.8 Å². The van der Waals surface area contributed by atoms with Crippen LogP contribution in [-0.2, 0) is 14.3 Å². The Bertz CT molecular complexity index is 2040. The summed E-state index contributed by atoms with van der Waals surface area (Å²) in [6.45, 7) is 1.91. The Morgan fingerprint density at radius 3 is 1.96 bits per heavy atom. The number of pyridine rings is 1. The smallest absolute Gasteiger partial charge is 0.356 e. The third-order valence-electron chi connectivity index (χ3n) is 9.04. The first kappa shape index (κ1) is 35.9. The molecule has 0 saturated carbocycles. The van der Waals surface area contributed by atoms with Crippen LogP contribution in [0.1, 0.15) is 34.1 Å². The van der Waals surface area contributed by atoms with Gasteiger partial charge in [-0.25, -0.2) is 4.79 Å². The number of likely N-dealkylation sites (tertiary alicyclic amines) is 1. The average molecular weight is 712 g/mol. The van der Waals surface area contributed by atoms with Crippen LogP contribution in [0.4, 0.5) is 5.69 Å². The van der Waals surface area contributed by atoms with Gasteiger partial charge in [-0.2, -0.15) is 0 Å². The molecule has 0 radical (unpaired) electrons. The SMILES string of the molecule is C=CCOC(=O)C(N1C(=O)[C@H]([C@@H](C)O)[C@H]1CC(=O)c1cccc(NC(=O)c2cccnc2)c1)=P(c1ccccc1)(c1ccccc1)c1ccccc1. The van der Waals surface area contributed by atoms with E-state index in [9.17, 15) is 24.3 Å². The first-order chi connectivity index (χ1) is 25.3. The maximum atomic E-state index is 14.6. The number of amides is 2. The van der Waals surface area contributed by atoms with E-state index in [-0.39, 0.29) is 30.1 Å². The van der Waals surface area contributed by atoms with Crippen molar-refractivity contribution < 1.29 is 29.0 Å². The Hall–Kier alpha value is -5.89. The predicted molar refractivity (Wildman–Crippen MR) is 205 cm³/mol. The number of aliphatic hydroxyl groups excluding tert-OH is 1. The lowest BCUT2D eigenvalue weighted by atomic mass is 9.79. The largest absolute Gasteiger partial charge is 0.457 e. The molecule has 2 heterocycles. The second-order valence-corrected chi connectivity index (χ2v) is 15.6. The molecule has 1 fully saturated rings. The van der Waals surface area contributed by atoms with Gasteiger partial charge in [-0.1, -0.05) is 116 Å². The predicted octanol–water partition coefficient (Wildman–Crippen LogP) is 4.97. The highest BCUT2D eigenvalue weighted by Crippen LogP contribution is 2.50. The van der Waals surface area contributed by atoms with Gasteiger partial charge in [0.05, 0.1) is 23.6 Å². The summed E-state index contributed by atoms with van der Waals surface area (Å²) in [5.74, 6) is -2.90. The number of carbonyl (C=O) groups excluding carboxylic acids is 4. The van der Waals surface area contributed by atoms with Crippen molar-refractivity contribution in [3.05, 3.63) is 164 Å². The normalized spacial score (nSPS) is 15.9. The Balaban J connectivity index is 1.52. The molecule has 52 heavy (non-hydrogen) atoms. The molecule has 0 aliphatic carbocycles. The van der Waals surface area contributed by atoms with E-state index in [1.807, 2.05) is 91.0 Å². The van der Waals surface area contributed by atoms with Crippen molar-refractivity contribution in [1.82, 2.24) is 9.88 Å². The average Bonchev–Trinajstić information content (AvgIpc) is 3.18. The van der Waals surface area contributed by atoms with Gasteiger partial charge in [0, 0.05) is 37.0 Å². The van der Waals surface area contributed by atoms with Crippen LogP contribution < -0.4 is 21.2 Å². The number of β-lactam (4-membered cyclic amide) rings is 1.